The van der Waals surface area contributed by atoms with Gasteiger partial charge in [-0.3, -0.25) is 0 Å². The summed E-state index contributed by atoms with van der Waals surface area (Å²) in [5.41, 5.74) is 5.84. The third-order valence-corrected chi connectivity index (χ3v) is 2.70. The summed E-state index contributed by atoms with van der Waals surface area (Å²) in [6, 6.07) is 0.360. The van der Waals surface area contributed by atoms with Gasteiger partial charge in [-0.25, -0.2) is 0 Å². The fourth-order valence-electron chi connectivity index (χ4n) is 1.77. The Balaban J connectivity index is 2.21. The molecule has 1 fully saturated rings. The second kappa shape index (κ2) is 4.63. The van der Waals surface area contributed by atoms with E-state index in [0.29, 0.717) is 6.04 Å². The van der Waals surface area contributed by atoms with Crippen LogP contribution < -0.4 is 5.73 Å². The lowest BCUT2D eigenvalue weighted by Crippen LogP contribution is -2.30. The van der Waals surface area contributed by atoms with Crippen LogP contribution in [0.4, 0.5) is 0 Å². The lowest BCUT2D eigenvalue weighted by molar-refractivity contribution is 0.321. The Morgan fingerprint density at radius 3 is 3.00 bits per heavy atom. The molecule has 1 rings (SSSR count). The largest absolute Gasteiger partial charge is 0.328 e. The molecule has 1 saturated heterocycles. The number of likely N-dealkylation sites (tertiary alicyclic amines) is 1. The quantitative estimate of drug-likeness (QED) is 0.640. The Labute approximate surface area is 75.4 Å². The molecular weight excluding hydrogens is 148 g/mol. The third-order valence-electron chi connectivity index (χ3n) is 2.70. The second-order valence-corrected chi connectivity index (χ2v) is 3.79. The van der Waals surface area contributed by atoms with E-state index in [1.165, 1.54) is 19.5 Å². The van der Waals surface area contributed by atoms with Crippen LogP contribution in [0.15, 0.2) is 12.7 Å². The number of hydrogen-bond donors (Lipinski definition) is 1. The molecule has 12 heavy (non-hydrogen) atoms. The molecule has 0 bridgehead atoms. The van der Waals surface area contributed by atoms with Crippen molar-refractivity contribution in [2.45, 2.75) is 25.8 Å². The predicted molar refractivity (Wildman–Crippen MR) is 53.0 cm³/mol. The Hall–Kier alpha value is -0.340. The minimum atomic E-state index is 0.360. The second-order valence-electron chi connectivity index (χ2n) is 3.79. The van der Waals surface area contributed by atoms with Gasteiger partial charge in [-0.05, 0) is 32.2 Å². The lowest BCUT2D eigenvalue weighted by Gasteiger charge is -2.16. The SMILES string of the molecule is C=CCCN1CCC(C(C)N)C1. The van der Waals surface area contributed by atoms with Gasteiger partial charge in [0.1, 0.15) is 0 Å². The van der Waals surface area contributed by atoms with Crippen molar-refractivity contribution in [2.24, 2.45) is 11.7 Å². The van der Waals surface area contributed by atoms with Gasteiger partial charge in [0.05, 0.1) is 0 Å². The summed E-state index contributed by atoms with van der Waals surface area (Å²) in [4.78, 5) is 2.48. The van der Waals surface area contributed by atoms with Crippen LogP contribution in [-0.4, -0.2) is 30.6 Å². The molecule has 1 heterocycles. The molecule has 0 aliphatic carbocycles. The van der Waals surface area contributed by atoms with Gasteiger partial charge in [-0.2, -0.15) is 0 Å². The molecule has 0 radical (unpaired) electrons. The summed E-state index contributed by atoms with van der Waals surface area (Å²) in [6.07, 6.45) is 4.36. The molecule has 0 saturated carbocycles. The molecule has 0 amide bonds. The molecule has 0 aromatic rings. The van der Waals surface area contributed by atoms with E-state index in [2.05, 4.69) is 18.4 Å². The first-order valence-electron chi connectivity index (χ1n) is 4.83. The Bertz CT molecular complexity index is 143. The van der Waals surface area contributed by atoms with E-state index in [1.54, 1.807) is 0 Å². The zero-order valence-electron chi connectivity index (χ0n) is 8.00. The highest BCUT2D eigenvalue weighted by Gasteiger charge is 2.24. The van der Waals surface area contributed by atoms with E-state index in [4.69, 9.17) is 5.73 Å². The van der Waals surface area contributed by atoms with Crippen LogP contribution >= 0.6 is 0 Å². The Kier molecular flexibility index (Phi) is 3.76. The van der Waals surface area contributed by atoms with Crippen molar-refractivity contribution in [1.82, 2.24) is 4.90 Å². The monoisotopic (exact) mass is 168 g/mol. The minimum Gasteiger partial charge on any atom is -0.328 e. The molecule has 0 spiro atoms. The van der Waals surface area contributed by atoms with E-state index in [-0.39, 0.29) is 0 Å². The minimum absolute atomic E-state index is 0.360. The average molecular weight is 168 g/mol. The van der Waals surface area contributed by atoms with Crippen LogP contribution in [0.2, 0.25) is 0 Å². The maximum atomic E-state index is 5.84. The van der Waals surface area contributed by atoms with E-state index in [0.717, 1.165) is 18.9 Å². The van der Waals surface area contributed by atoms with Crippen LogP contribution in [0.3, 0.4) is 0 Å². The molecule has 2 atom stereocenters. The summed E-state index contributed by atoms with van der Waals surface area (Å²) >= 11 is 0. The standard InChI is InChI=1S/C10H20N2/c1-3-4-6-12-7-5-10(8-12)9(2)11/h3,9-10H,1,4-8,11H2,2H3. The van der Waals surface area contributed by atoms with Crippen molar-refractivity contribution in [2.75, 3.05) is 19.6 Å². The molecule has 1 aliphatic heterocycles. The first kappa shape index (κ1) is 9.75. The maximum absolute atomic E-state index is 5.84. The van der Waals surface area contributed by atoms with Gasteiger partial charge in [0.2, 0.25) is 0 Å². The molecular formula is C10H20N2. The van der Waals surface area contributed by atoms with E-state index < -0.39 is 0 Å². The number of nitrogens with two attached hydrogens (primary N) is 1. The molecule has 2 unspecified atom stereocenters. The predicted octanol–water partition coefficient (Wildman–Crippen LogP) is 1.23. The molecule has 1 aliphatic rings. The van der Waals surface area contributed by atoms with Crippen LogP contribution in [0.25, 0.3) is 0 Å². The highest BCUT2D eigenvalue weighted by molar-refractivity contribution is 4.82. The highest BCUT2D eigenvalue weighted by Crippen LogP contribution is 2.18. The van der Waals surface area contributed by atoms with Gasteiger partial charge in [0, 0.05) is 19.1 Å². The van der Waals surface area contributed by atoms with Crippen LogP contribution in [0, 0.1) is 5.92 Å². The molecule has 0 aromatic heterocycles. The molecule has 70 valence electrons. The Morgan fingerprint density at radius 2 is 2.50 bits per heavy atom. The summed E-state index contributed by atoms with van der Waals surface area (Å²) in [7, 11) is 0. The summed E-state index contributed by atoms with van der Waals surface area (Å²) in [5, 5.41) is 0. The molecule has 0 aromatic carbocycles. The molecule has 2 nitrogen and oxygen atoms in total. The van der Waals surface area contributed by atoms with Gasteiger partial charge in [-0.1, -0.05) is 6.08 Å². The zero-order valence-corrected chi connectivity index (χ0v) is 8.00. The zero-order chi connectivity index (χ0) is 8.97. The smallest absolute Gasteiger partial charge is 0.00514 e. The van der Waals surface area contributed by atoms with Gasteiger partial charge in [-0.15, -0.1) is 6.58 Å². The van der Waals surface area contributed by atoms with Crippen molar-refractivity contribution >= 4 is 0 Å². The normalized spacial score (nSPS) is 27.3. The van der Waals surface area contributed by atoms with E-state index in [9.17, 15) is 0 Å². The van der Waals surface area contributed by atoms with E-state index in [1.807, 2.05) is 6.08 Å². The van der Waals surface area contributed by atoms with E-state index >= 15 is 0 Å². The molecule has 2 heteroatoms. The average Bonchev–Trinajstić information content (AvgIpc) is 2.48. The first-order valence-corrected chi connectivity index (χ1v) is 4.83. The van der Waals surface area contributed by atoms with Gasteiger partial charge in [0.25, 0.3) is 0 Å². The maximum Gasteiger partial charge on any atom is 0.00514 e. The highest BCUT2D eigenvalue weighted by atomic mass is 15.1. The van der Waals surface area contributed by atoms with Crippen molar-refractivity contribution < 1.29 is 0 Å². The summed E-state index contributed by atoms with van der Waals surface area (Å²) < 4.78 is 0. The topological polar surface area (TPSA) is 29.3 Å². The van der Waals surface area contributed by atoms with Gasteiger partial charge in [0.15, 0.2) is 0 Å². The fourth-order valence-corrected chi connectivity index (χ4v) is 1.77. The fraction of sp³-hybridized carbons (Fsp3) is 0.800. The summed E-state index contributed by atoms with van der Waals surface area (Å²) in [5.74, 6) is 0.717. The van der Waals surface area contributed by atoms with Crippen molar-refractivity contribution in [1.29, 1.82) is 0 Å². The van der Waals surface area contributed by atoms with Crippen molar-refractivity contribution in [3.05, 3.63) is 12.7 Å². The summed E-state index contributed by atoms with van der Waals surface area (Å²) in [6.45, 7) is 9.40. The van der Waals surface area contributed by atoms with Crippen molar-refractivity contribution in [3.8, 4) is 0 Å². The van der Waals surface area contributed by atoms with Gasteiger partial charge < -0.3 is 10.6 Å². The third kappa shape index (κ3) is 2.61. The van der Waals surface area contributed by atoms with Crippen molar-refractivity contribution in [3.63, 3.8) is 0 Å². The van der Waals surface area contributed by atoms with Crippen LogP contribution in [0.5, 0.6) is 0 Å². The number of rotatable bonds is 4. The van der Waals surface area contributed by atoms with Gasteiger partial charge >= 0.3 is 0 Å². The van der Waals surface area contributed by atoms with Crippen LogP contribution in [-0.2, 0) is 0 Å². The lowest BCUT2D eigenvalue weighted by atomic mass is 10.0. The first-order chi connectivity index (χ1) is 5.74. The number of nitrogens with zero attached hydrogens (tertiary/aromatic N) is 1. The van der Waals surface area contributed by atoms with Crippen LogP contribution in [0.1, 0.15) is 19.8 Å². The number of hydrogen-bond acceptors (Lipinski definition) is 2. The Morgan fingerprint density at radius 1 is 1.75 bits per heavy atom. The molecule has 2 N–H and O–H groups in total.